The van der Waals surface area contributed by atoms with E-state index in [4.69, 9.17) is 0 Å². The Morgan fingerprint density at radius 1 is 1.26 bits per heavy atom. The highest BCUT2D eigenvalue weighted by Crippen LogP contribution is 2.32. The summed E-state index contributed by atoms with van der Waals surface area (Å²) in [5.74, 6) is 1.61. The maximum Gasteiger partial charge on any atom is 0.243 e. The number of carbonyl (C=O) groups excluding carboxylic acids is 1. The van der Waals surface area contributed by atoms with E-state index in [0.717, 1.165) is 5.56 Å². The summed E-state index contributed by atoms with van der Waals surface area (Å²) in [7, 11) is 0. The Hall–Kier alpha value is -2.24. The Kier molecular flexibility index (Phi) is 4.41. The molecule has 1 N–H and O–H groups in total. The SMILES string of the molecule is CC(C)c1ccc(-c2nnn(CC(=O)N[C@H](C)C3CC3)n2)cc1. The number of hydrogen-bond donors (Lipinski definition) is 1. The van der Waals surface area contributed by atoms with E-state index in [1.165, 1.54) is 23.2 Å². The first-order chi connectivity index (χ1) is 11.0. The zero-order chi connectivity index (χ0) is 16.4. The molecule has 1 aromatic carbocycles. The van der Waals surface area contributed by atoms with Gasteiger partial charge in [0.25, 0.3) is 0 Å². The molecule has 1 saturated carbocycles. The van der Waals surface area contributed by atoms with Gasteiger partial charge in [0.05, 0.1) is 0 Å². The molecule has 0 aliphatic heterocycles. The second-order valence-electron chi connectivity index (χ2n) is 6.61. The van der Waals surface area contributed by atoms with Gasteiger partial charge < -0.3 is 5.32 Å². The van der Waals surface area contributed by atoms with Crippen molar-refractivity contribution >= 4 is 5.91 Å². The van der Waals surface area contributed by atoms with Gasteiger partial charge in [-0.25, -0.2) is 0 Å². The fraction of sp³-hybridized carbons (Fsp3) is 0.529. The van der Waals surface area contributed by atoms with E-state index >= 15 is 0 Å². The highest BCUT2D eigenvalue weighted by atomic mass is 16.2. The van der Waals surface area contributed by atoms with E-state index in [0.29, 0.717) is 17.7 Å². The summed E-state index contributed by atoms with van der Waals surface area (Å²) >= 11 is 0. The van der Waals surface area contributed by atoms with Crippen molar-refractivity contribution in [3.05, 3.63) is 29.8 Å². The van der Waals surface area contributed by atoms with Gasteiger partial charge in [0.15, 0.2) is 0 Å². The maximum absolute atomic E-state index is 12.0. The second kappa shape index (κ2) is 6.48. The topological polar surface area (TPSA) is 72.7 Å². The Bertz CT molecular complexity index is 673. The number of benzene rings is 1. The van der Waals surface area contributed by atoms with Crippen LogP contribution in [0.15, 0.2) is 24.3 Å². The smallest absolute Gasteiger partial charge is 0.243 e. The number of amides is 1. The first-order valence-corrected chi connectivity index (χ1v) is 8.20. The van der Waals surface area contributed by atoms with Gasteiger partial charge in [0.2, 0.25) is 11.7 Å². The van der Waals surface area contributed by atoms with Crippen molar-refractivity contribution in [1.82, 2.24) is 25.5 Å². The quantitative estimate of drug-likeness (QED) is 0.888. The standard InChI is InChI=1S/C17H23N5O/c1-11(2)13-4-8-15(9-5-13)17-19-21-22(20-17)10-16(23)18-12(3)14-6-7-14/h4-5,8-9,11-12,14H,6-7,10H2,1-3H3,(H,18,23)/t12-/m1/s1. The third-order valence-electron chi connectivity index (χ3n) is 4.29. The molecular weight excluding hydrogens is 290 g/mol. The average molecular weight is 313 g/mol. The Labute approximate surface area is 136 Å². The summed E-state index contributed by atoms with van der Waals surface area (Å²) in [5.41, 5.74) is 2.18. The molecule has 6 nitrogen and oxygen atoms in total. The molecule has 0 unspecified atom stereocenters. The van der Waals surface area contributed by atoms with Crippen molar-refractivity contribution < 1.29 is 4.79 Å². The lowest BCUT2D eigenvalue weighted by atomic mass is 10.0. The van der Waals surface area contributed by atoms with Crippen LogP contribution in [0.4, 0.5) is 0 Å². The van der Waals surface area contributed by atoms with Crippen molar-refractivity contribution in [2.75, 3.05) is 0 Å². The van der Waals surface area contributed by atoms with Crippen LogP contribution in [0.1, 0.15) is 45.1 Å². The molecular formula is C17H23N5O. The lowest BCUT2D eigenvalue weighted by molar-refractivity contribution is -0.122. The summed E-state index contributed by atoms with van der Waals surface area (Å²) < 4.78 is 0. The Morgan fingerprint density at radius 3 is 2.57 bits per heavy atom. The maximum atomic E-state index is 12.0. The van der Waals surface area contributed by atoms with Crippen LogP contribution in [0.2, 0.25) is 0 Å². The summed E-state index contributed by atoms with van der Waals surface area (Å²) in [4.78, 5) is 13.3. The number of nitrogens with one attached hydrogen (secondary N) is 1. The van der Waals surface area contributed by atoms with Gasteiger partial charge in [-0.05, 0) is 42.4 Å². The normalized spacial score (nSPS) is 15.7. The van der Waals surface area contributed by atoms with E-state index in [1.807, 2.05) is 19.1 Å². The molecule has 0 saturated heterocycles. The van der Waals surface area contributed by atoms with E-state index in [2.05, 4.69) is 46.7 Å². The monoisotopic (exact) mass is 313 g/mol. The molecule has 1 atom stereocenters. The minimum atomic E-state index is -0.0662. The van der Waals surface area contributed by atoms with Crippen LogP contribution in [-0.2, 0) is 11.3 Å². The number of aromatic nitrogens is 4. The number of hydrogen-bond acceptors (Lipinski definition) is 4. The molecule has 0 radical (unpaired) electrons. The Balaban J connectivity index is 1.61. The van der Waals surface area contributed by atoms with Crippen LogP contribution in [-0.4, -0.2) is 32.2 Å². The predicted octanol–water partition coefficient (Wildman–Crippen LogP) is 2.38. The van der Waals surface area contributed by atoms with Crippen LogP contribution in [0, 0.1) is 5.92 Å². The summed E-state index contributed by atoms with van der Waals surface area (Å²) in [5, 5.41) is 15.3. The van der Waals surface area contributed by atoms with Crippen molar-refractivity contribution in [2.45, 2.75) is 52.1 Å². The van der Waals surface area contributed by atoms with Crippen molar-refractivity contribution in [1.29, 1.82) is 0 Å². The van der Waals surface area contributed by atoms with Crippen molar-refractivity contribution in [3.63, 3.8) is 0 Å². The van der Waals surface area contributed by atoms with Gasteiger partial charge in [-0.15, -0.1) is 10.2 Å². The third-order valence-corrected chi connectivity index (χ3v) is 4.29. The molecule has 1 aromatic heterocycles. The van der Waals surface area contributed by atoms with Crippen LogP contribution >= 0.6 is 0 Å². The minimum absolute atomic E-state index is 0.0662. The van der Waals surface area contributed by atoms with Gasteiger partial charge in [0.1, 0.15) is 6.54 Å². The number of carbonyl (C=O) groups is 1. The van der Waals surface area contributed by atoms with E-state index in [9.17, 15) is 4.79 Å². The van der Waals surface area contributed by atoms with Crippen LogP contribution in [0.5, 0.6) is 0 Å². The molecule has 1 fully saturated rings. The van der Waals surface area contributed by atoms with E-state index in [1.54, 1.807) is 0 Å². The first kappa shape index (κ1) is 15.6. The third kappa shape index (κ3) is 3.94. The van der Waals surface area contributed by atoms with Gasteiger partial charge in [-0.1, -0.05) is 38.1 Å². The van der Waals surface area contributed by atoms with Gasteiger partial charge in [-0.2, -0.15) is 4.80 Å². The van der Waals surface area contributed by atoms with E-state index in [-0.39, 0.29) is 18.5 Å². The molecule has 3 rings (SSSR count). The van der Waals surface area contributed by atoms with Gasteiger partial charge in [0, 0.05) is 11.6 Å². The molecule has 23 heavy (non-hydrogen) atoms. The lowest BCUT2D eigenvalue weighted by Crippen LogP contribution is -2.36. The van der Waals surface area contributed by atoms with Crippen molar-refractivity contribution in [2.24, 2.45) is 5.92 Å². The van der Waals surface area contributed by atoms with Crippen LogP contribution in [0.3, 0.4) is 0 Å². The van der Waals surface area contributed by atoms with Crippen LogP contribution in [0.25, 0.3) is 11.4 Å². The predicted molar refractivity (Wildman–Crippen MR) is 87.7 cm³/mol. The molecule has 1 heterocycles. The number of rotatable bonds is 6. The summed E-state index contributed by atoms with van der Waals surface area (Å²) in [6, 6.07) is 8.36. The zero-order valence-electron chi connectivity index (χ0n) is 13.9. The summed E-state index contributed by atoms with van der Waals surface area (Å²) in [6.07, 6.45) is 2.42. The molecule has 0 spiro atoms. The van der Waals surface area contributed by atoms with Gasteiger partial charge >= 0.3 is 0 Å². The first-order valence-electron chi connectivity index (χ1n) is 8.20. The molecule has 1 amide bonds. The van der Waals surface area contributed by atoms with Crippen LogP contribution < -0.4 is 5.32 Å². The molecule has 6 heteroatoms. The largest absolute Gasteiger partial charge is 0.352 e. The zero-order valence-corrected chi connectivity index (χ0v) is 13.9. The number of nitrogens with zero attached hydrogens (tertiary/aromatic N) is 4. The molecule has 122 valence electrons. The molecule has 1 aliphatic rings. The average Bonchev–Trinajstić information content (AvgIpc) is 3.28. The fourth-order valence-electron chi connectivity index (χ4n) is 2.58. The molecule has 2 aromatic rings. The van der Waals surface area contributed by atoms with Gasteiger partial charge in [-0.3, -0.25) is 4.79 Å². The molecule has 0 bridgehead atoms. The second-order valence-corrected chi connectivity index (χ2v) is 6.61. The highest BCUT2D eigenvalue weighted by molar-refractivity contribution is 5.75. The lowest BCUT2D eigenvalue weighted by Gasteiger charge is -2.11. The Morgan fingerprint density at radius 2 is 1.96 bits per heavy atom. The summed E-state index contributed by atoms with van der Waals surface area (Å²) in [6.45, 7) is 6.47. The van der Waals surface area contributed by atoms with Crippen molar-refractivity contribution in [3.8, 4) is 11.4 Å². The minimum Gasteiger partial charge on any atom is -0.352 e. The van der Waals surface area contributed by atoms with E-state index < -0.39 is 0 Å². The number of tetrazole rings is 1. The highest BCUT2D eigenvalue weighted by Gasteiger charge is 2.28. The fourth-order valence-corrected chi connectivity index (χ4v) is 2.58. The molecule has 1 aliphatic carbocycles.